The van der Waals surface area contributed by atoms with Gasteiger partial charge in [0.15, 0.2) is 0 Å². The van der Waals surface area contributed by atoms with Gasteiger partial charge in [0.25, 0.3) is 0 Å². The lowest BCUT2D eigenvalue weighted by Gasteiger charge is -2.37. The summed E-state index contributed by atoms with van der Waals surface area (Å²) in [6.07, 6.45) is 1.47. The van der Waals surface area contributed by atoms with Gasteiger partial charge < -0.3 is 15.5 Å². The van der Waals surface area contributed by atoms with Gasteiger partial charge in [-0.05, 0) is 32.9 Å². The molecule has 0 saturated carbocycles. The average Bonchev–Trinajstić information content (AvgIpc) is 2.16. The van der Waals surface area contributed by atoms with E-state index in [2.05, 4.69) is 0 Å². The lowest BCUT2D eigenvalue weighted by atomic mass is 9.92. The number of amides is 2. The van der Waals surface area contributed by atoms with Crippen molar-refractivity contribution in [2.24, 2.45) is 5.73 Å². The van der Waals surface area contributed by atoms with Crippen molar-refractivity contribution in [1.29, 1.82) is 0 Å². The summed E-state index contributed by atoms with van der Waals surface area (Å²) in [4.78, 5) is 26.6. The van der Waals surface area contributed by atoms with Crippen LogP contribution in [0.1, 0.15) is 19.8 Å². The maximum atomic E-state index is 11.9. The standard InChI is InChI=1S/C11H20N3O2/c1-8-4-5-14(9(6-8)11(12)16)10(15)7-13(2)3/h9H,4-7H2,1-3H3,(H2,12,16). The maximum Gasteiger partial charge on any atom is 0.240 e. The smallest absolute Gasteiger partial charge is 0.240 e. The lowest BCUT2D eigenvalue weighted by molar-refractivity contribution is -0.141. The summed E-state index contributed by atoms with van der Waals surface area (Å²) in [7, 11) is 3.66. The van der Waals surface area contributed by atoms with Gasteiger partial charge in [0, 0.05) is 6.54 Å². The molecule has 0 aliphatic carbocycles. The summed E-state index contributed by atoms with van der Waals surface area (Å²) in [5, 5.41) is 0. The third-order valence-corrected chi connectivity index (χ3v) is 2.80. The number of piperidine rings is 1. The normalized spacial score (nSPS) is 22.5. The second kappa shape index (κ2) is 5.30. The second-order valence-electron chi connectivity index (χ2n) is 4.65. The first-order valence-electron chi connectivity index (χ1n) is 5.46. The Balaban J connectivity index is 2.69. The van der Waals surface area contributed by atoms with Crippen molar-refractivity contribution < 1.29 is 9.59 Å². The molecule has 1 heterocycles. The molecule has 1 aliphatic rings. The van der Waals surface area contributed by atoms with Crippen LogP contribution in [0, 0.1) is 5.92 Å². The Morgan fingerprint density at radius 3 is 2.62 bits per heavy atom. The predicted octanol–water partition coefficient (Wildman–Crippen LogP) is -0.381. The first-order valence-corrected chi connectivity index (χ1v) is 5.46. The van der Waals surface area contributed by atoms with Crippen LogP contribution >= 0.6 is 0 Å². The number of likely N-dealkylation sites (tertiary alicyclic amines) is 1. The highest BCUT2D eigenvalue weighted by Gasteiger charge is 2.33. The van der Waals surface area contributed by atoms with Crippen LogP contribution in [0.4, 0.5) is 0 Å². The van der Waals surface area contributed by atoms with Crippen molar-refractivity contribution >= 4 is 11.8 Å². The molecule has 5 nitrogen and oxygen atoms in total. The van der Waals surface area contributed by atoms with Crippen molar-refractivity contribution in [2.75, 3.05) is 27.2 Å². The van der Waals surface area contributed by atoms with E-state index in [-0.39, 0.29) is 5.91 Å². The van der Waals surface area contributed by atoms with Crippen LogP contribution in [0.5, 0.6) is 0 Å². The average molecular weight is 226 g/mol. The summed E-state index contributed by atoms with van der Waals surface area (Å²) < 4.78 is 0. The van der Waals surface area contributed by atoms with Crippen LogP contribution in [-0.2, 0) is 9.59 Å². The van der Waals surface area contributed by atoms with Crippen molar-refractivity contribution in [2.45, 2.75) is 25.8 Å². The number of rotatable bonds is 3. The topological polar surface area (TPSA) is 66.6 Å². The molecule has 0 bridgehead atoms. The number of carbonyl (C=O) groups is 2. The van der Waals surface area contributed by atoms with Crippen molar-refractivity contribution in [1.82, 2.24) is 9.80 Å². The van der Waals surface area contributed by atoms with Crippen LogP contribution < -0.4 is 5.73 Å². The molecule has 1 atom stereocenters. The summed E-state index contributed by atoms with van der Waals surface area (Å²) in [5.41, 5.74) is 5.33. The largest absolute Gasteiger partial charge is 0.368 e. The first kappa shape index (κ1) is 13.0. The van der Waals surface area contributed by atoms with Gasteiger partial charge in [0.1, 0.15) is 6.04 Å². The Kier molecular flexibility index (Phi) is 4.29. The molecule has 91 valence electrons. The van der Waals surface area contributed by atoms with Crippen LogP contribution in [0.25, 0.3) is 0 Å². The molecule has 1 saturated heterocycles. The van der Waals surface area contributed by atoms with Crippen molar-refractivity contribution in [3.8, 4) is 0 Å². The van der Waals surface area contributed by atoms with Gasteiger partial charge in [0.2, 0.25) is 11.8 Å². The quantitative estimate of drug-likeness (QED) is 0.713. The summed E-state index contributed by atoms with van der Waals surface area (Å²) in [5.74, 6) is 0.796. The van der Waals surface area contributed by atoms with E-state index in [1.807, 2.05) is 21.0 Å². The third kappa shape index (κ3) is 3.20. The Bertz CT molecular complexity index is 278. The number of primary amides is 1. The monoisotopic (exact) mass is 226 g/mol. The van der Waals surface area contributed by atoms with Gasteiger partial charge in [0.05, 0.1) is 6.54 Å². The number of hydrogen-bond acceptors (Lipinski definition) is 3. The van der Waals surface area contributed by atoms with Crippen LogP contribution in [0.15, 0.2) is 0 Å². The van der Waals surface area contributed by atoms with Crippen molar-refractivity contribution in [3.63, 3.8) is 0 Å². The molecule has 0 aromatic heterocycles. The van der Waals surface area contributed by atoms with Crippen molar-refractivity contribution in [3.05, 3.63) is 5.92 Å². The van der Waals surface area contributed by atoms with E-state index in [0.717, 1.165) is 6.42 Å². The molecule has 2 amide bonds. The van der Waals surface area contributed by atoms with E-state index < -0.39 is 11.9 Å². The zero-order valence-electron chi connectivity index (χ0n) is 10.2. The zero-order valence-corrected chi connectivity index (χ0v) is 10.2. The molecular weight excluding hydrogens is 206 g/mol. The van der Waals surface area contributed by atoms with E-state index in [9.17, 15) is 9.59 Å². The molecule has 2 N–H and O–H groups in total. The van der Waals surface area contributed by atoms with E-state index >= 15 is 0 Å². The van der Waals surface area contributed by atoms with E-state index in [1.54, 1.807) is 9.80 Å². The van der Waals surface area contributed by atoms with E-state index in [1.165, 1.54) is 5.92 Å². The van der Waals surface area contributed by atoms with Gasteiger partial charge in [-0.1, -0.05) is 6.92 Å². The molecular formula is C11H20N3O2. The van der Waals surface area contributed by atoms with E-state index in [0.29, 0.717) is 19.5 Å². The van der Waals surface area contributed by atoms with Gasteiger partial charge in [-0.3, -0.25) is 9.59 Å². The predicted molar refractivity (Wildman–Crippen MR) is 61.4 cm³/mol. The molecule has 0 aromatic carbocycles. The minimum absolute atomic E-state index is 0.0266. The molecule has 1 aliphatic heterocycles. The Hall–Kier alpha value is -1.10. The number of nitrogens with two attached hydrogens (primary N) is 1. The van der Waals surface area contributed by atoms with Crippen LogP contribution in [-0.4, -0.2) is 54.8 Å². The number of hydrogen-bond donors (Lipinski definition) is 1. The molecule has 5 heteroatoms. The molecule has 0 aromatic rings. The molecule has 0 spiro atoms. The number of carbonyl (C=O) groups excluding carboxylic acids is 2. The highest BCUT2D eigenvalue weighted by Crippen LogP contribution is 2.23. The molecule has 1 unspecified atom stereocenters. The molecule has 1 fully saturated rings. The summed E-state index contributed by atoms with van der Waals surface area (Å²) in [6, 6.07) is -0.457. The van der Waals surface area contributed by atoms with Crippen LogP contribution in [0.2, 0.25) is 0 Å². The first-order chi connectivity index (χ1) is 7.41. The third-order valence-electron chi connectivity index (χ3n) is 2.80. The van der Waals surface area contributed by atoms with Gasteiger partial charge in [-0.2, -0.15) is 0 Å². The fourth-order valence-corrected chi connectivity index (χ4v) is 1.92. The van der Waals surface area contributed by atoms with Gasteiger partial charge in [-0.25, -0.2) is 0 Å². The Morgan fingerprint density at radius 1 is 1.50 bits per heavy atom. The van der Waals surface area contributed by atoms with Gasteiger partial charge in [-0.15, -0.1) is 0 Å². The minimum Gasteiger partial charge on any atom is -0.368 e. The second-order valence-corrected chi connectivity index (χ2v) is 4.65. The highest BCUT2D eigenvalue weighted by molar-refractivity contribution is 5.87. The van der Waals surface area contributed by atoms with Gasteiger partial charge >= 0.3 is 0 Å². The molecule has 1 rings (SSSR count). The fraction of sp³-hybridized carbons (Fsp3) is 0.727. The van der Waals surface area contributed by atoms with Crippen LogP contribution in [0.3, 0.4) is 0 Å². The Labute approximate surface area is 96.6 Å². The molecule has 16 heavy (non-hydrogen) atoms. The maximum absolute atomic E-state index is 11.9. The summed E-state index contributed by atoms with van der Waals surface area (Å²) >= 11 is 0. The fourth-order valence-electron chi connectivity index (χ4n) is 1.92. The minimum atomic E-state index is -0.457. The van der Waals surface area contributed by atoms with E-state index in [4.69, 9.17) is 5.73 Å². The number of nitrogens with zero attached hydrogens (tertiary/aromatic N) is 2. The SMILES string of the molecule is C[C]1CCN(C(=O)CN(C)C)C(C(N)=O)C1. The lowest BCUT2D eigenvalue weighted by Crippen LogP contribution is -2.53. The molecule has 1 radical (unpaired) electrons. The highest BCUT2D eigenvalue weighted by atomic mass is 16.2. The number of likely N-dealkylation sites (N-methyl/N-ethyl adjacent to an activating group) is 1. The Morgan fingerprint density at radius 2 is 2.12 bits per heavy atom. The zero-order chi connectivity index (χ0) is 12.3. The summed E-state index contributed by atoms with van der Waals surface area (Å²) in [6.45, 7) is 2.93.